The fraction of sp³-hybridized carbons (Fsp3) is 0.174. The monoisotopic (exact) mass is 490 g/mol. The summed E-state index contributed by atoms with van der Waals surface area (Å²) in [5.41, 5.74) is 1.39. The third-order valence-corrected chi connectivity index (χ3v) is 7.55. The van der Waals surface area contributed by atoms with Crippen molar-refractivity contribution in [2.75, 3.05) is 6.54 Å². The summed E-state index contributed by atoms with van der Waals surface area (Å²) in [7, 11) is -4.16. The summed E-state index contributed by atoms with van der Waals surface area (Å²) < 4.78 is 48.2. The Kier molecular flexibility index (Phi) is 6.29. The minimum atomic E-state index is -4.16. The van der Waals surface area contributed by atoms with Gasteiger partial charge in [-0.15, -0.1) is 0 Å². The molecule has 4 rings (SSSR count). The maximum Gasteiger partial charge on any atom is 0.406 e. The van der Waals surface area contributed by atoms with Crippen LogP contribution in [0.5, 0.6) is 11.5 Å². The van der Waals surface area contributed by atoms with Crippen molar-refractivity contribution in [3.05, 3.63) is 88.2 Å². The molecular formula is C23H20ClFN2O5S. The van der Waals surface area contributed by atoms with Crippen molar-refractivity contribution in [3.63, 3.8) is 0 Å². The fourth-order valence-electron chi connectivity index (χ4n) is 3.84. The molecule has 0 fully saturated rings. The number of amides is 1. The molecule has 0 saturated heterocycles. The molecule has 7 nitrogen and oxygen atoms in total. The lowest BCUT2D eigenvalue weighted by molar-refractivity contribution is 0.172. The van der Waals surface area contributed by atoms with Crippen molar-refractivity contribution in [1.29, 1.82) is 0 Å². The van der Waals surface area contributed by atoms with E-state index in [4.69, 9.17) is 16.3 Å². The molecule has 3 aromatic carbocycles. The van der Waals surface area contributed by atoms with Crippen LogP contribution in [0, 0.1) is 12.7 Å². The number of hydrogen-bond acceptors (Lipinski definition) is 4. The number of sulfonamides is 1. The molecule has 10 heteroatoms. The van der Waals surface area contributed by atoms with Gasteiger partial charge in [0.05, 0.1) is 4.90 Å². The first-order valence-electron chi connectivity index (χ1n) is 9.99. The van der Waals surface area contributed by atoms with Crippen molar-refractivity contribution < 1.29 is 27.4 Å². The summed E-state index contributed by atoms with van der Waals surface area (Å²) in [6.07, 6.45) is -2.59. The minimum absolute atomic E-state index is 0.00635. The van der Waals surface area contributed by atoms with Crippen LogP contribution in [0.25, 0.3) is 0 Å². The maximum absolute atomic E-state index is 14.7. The third kappa shape index (κ3) is 4.66. The minimum Gasteiger partial charge on any atom is -0.465 e. The lowest BCUT2D eigenvalue weighted by Gasteiger charge is -2.36. The lowest BCUT2D eigenvalue weighted by Crippen LogP contribution is -2.48. The summed E-state index contributed by atoms with van der Waals surface area (Å²) >= 11 is 5.86. The van der Waals surface area contributed by atoms with Gasteiger partial charge in [-0.3, -0.25) is 0 Å². The van der Waals surface area contributed by atoms with E-state index in [-0.39, 0.29) is 23.4 Å². The van der Waals surface area contributed by atoms with Gasteiger partial charge in [0.2, 0.25) is 10.0 Å². The molecule has 0 saturated carbocycles. The number of fused-ring (bicyclic) bond motifs is 1. The van der Waals surface area contributed by atoms with Gasteiger partial charge in [-0.1, -0.05) is 17.7 Å². The van der Waals surface area contributed by atoms with Crippen LogP contribution >= 0.6 is 11.6 Å². The van der Waals surface area contributed by atoms with Gasteiger partial charge in [0, 0.05) is 17.1 Å². The topological polar surface area (TPSA) is 95.9 Å². The number of halogens is 2. The molecule has 0 aliphatic carbocycles. The Morgan fingerprint density at radius 2 is 1.70 bits per heavy atom. The summed E-state index contributed by atoms with van der Waals surface area (Å²) in [5.74, 6) is 0.266. The van der Waals surface area contributed by atoms with Crippen molar-refractivity contribution in [2.45, 2.75) is 24.4 Å². The Hall–Kier alpha value is -3.14. The standard InChI is InChI=1S/C23H20ClFN2O5S/c1-14-2-11-20(25)21-19(14)12-13-27(22(21)26-23(28)29)33(30,31)18-9-7-17(8-10-18)32-16-5-3-15(24)4-6-16/h2-11,22,26H,12-13H2,1H3,(H,28,29)/t22-/m0/s1. The zero-order chi connectivity index (χ0) is 23.8. The summed E-state index contributed by atoms with van der Waals surface area (Å²) in [4.78, 5) is 11.4. The Morgan fingerprint density at radius 3 is 2.30 bits per heavy atom. The van der Waals surface area contributed by atoms with Gasteiger partial charge in [-0.05, 0) is 79.1 Å². The normalized spacial score (nSPS) is 16.2. The van der Waals surface area contributed by atoms with Crippen LogP contribution in [0.4, 0.5) is 9.18 Å². The van der Waals surface area contributed by atoms with Crippen molar-refractivity contribution >= 4 is 27.7 Å². The number of ether oxygens (including phenoxy) is 1. The molecular weight excluding hydrogens is 471 g/mol. The maximum atomic E-state index is 14.7. The summed E-state index contributed by atoms with van der Waals surface area (Å²) in [6, 6.07) is 15.2. The second-order valence-electron chi connectivity index (χ2n) is 7.50. The van der Waals surface area contributed by atoms with E-state index >= 15 is 0 Å². The smallest absolute Gasteiger partial charge is 0.406 e. The van der Waals surface area contributed by atoms with E-state index < -0.39 is 28.1 Å². The van der Waals surface area contributed by atoms with E-state index in [9.17, 15) is 22.7 Å². The number of carbonyl (C=O) groups is 1. The molecule has 0 radical (unpaired) electrons. The van der Waals surface area contributed by atoms with Gasteiger partial charge in [0.1, 0.15) is 23.5 Å². The summed E-state index contributed by atoms with van der Waals surface area (Å²) in [5, 5.41) is 12.0. The summed E-state index contributed by atoms with van der Waals surface area (Å²) in [6.45, 7) is 1.77. The van der Waals surface area contributed by atoms with Gasteiger partial charge >= 0.3 is 6.09 Å². The van der Waals surface area contributed by atoms with Crippen LogP contribution in [0.2, 0.25) is 5.02 Å². The molecule has 172 valence electrons. The van der Waals surface area contributed by atoms with E-state index in [1.807, 2.05) is 0 Å². The van der Waals surface area contributed by atoms with Gasteiger partial charge in [-0.2, -0.15) is 4.31 Å². The average Bonchev–Trinajstić information content (AvgIpc) is 2.78. The highest BCUT2D eigenvalue weighted by atomic mass is 35.5. The molecule has 1 heterocycles. The van der Waals surface area contributed by atoms with E-state index in [2.05, 4.69) is 5.32 Å². The highest BCUT2D eigenvalue weighted by molar-refractivity contribution is 7.89. The Bertz CT molecular complexity index is 1300. The van der Waals surface area contributed by atoms with Crippen LogP contribution in [-0.4, -0.2) is 30.5 Å². The van der Waals surface area contributed by atoms with Crippen LogP contribution in [0.1, 0.15) is 22.9 Å². The van der Waals surface area contributed by atoms with Gasteiger partial charge in [-0.25, -0.2) is 17.6 Å². The quantitative estimate of drug-likeness (QED) is 0.519. The fourth-order valence-corrected chi connectivity index (χ4v) is 5.49. The van der Waals surface area contributed by atoms with E-state index in [0.29, 0.717) is 22.1 Å². The van der Waals surface area contributed by atoms with E-state index in [1.54, 1.807) is 37.3 Å². The Balaban J connectivity index is 1.65. The molecule has 1 amide bonds. The predicted octanol–water partition coefficient (Wildman–Crippen LogP) is 5.09. The first kappa shape index (κ1) is 23.0. The molecule has 3 aromatic rings. The SMILES string of the molecule is Cc1ccc(F)c2c1CCN(S(=O)(=O)c1ccc(Oc3ccc(Cl)cc3)cc1)[C@@H]2NC(=O)O. The highest BCUT2D eigenvalue weighted by Crippen LogP contribution is 2.36. The highest BCUT2D eigenvalue weighted by Gasteiger charge is 2.39. The third-order valence-electron chi connectivity index (χ3n) is 5.42. The van der Waals surface area contributed by atoms with Gasteiger partial charge < -0.3 is 15.2 Å². The second-order valence-corrected chi connectivity index (χ2v) is 9.83. The molecule has 0 spiro atoms. The number of nitrogens with one attached hydrogen (secondary N) is 1. The molecule has 0 unspecified atom stereocenters. The average molecular weight is 491 g/mol. The predicted molar refractivity (Wildman–Crippen MR) is 121 cm³/mol. The Morgan fingerprint density at radius 1 is 1.09 bits per heavy atom. The molecule has 0 aromatic heterocycles. The molecule has 1 aliphatic heterocycles. The number of hydrogen-bond donors (Lipinski definition) is 2. The van der Waals surface area contributed by atoms with E-state index in [1.165, 1.54) is 30.3 Å². The van der Waals surface area contributed by atoms with Crippen molar-refractivity contribution in [3.8, 4) is 11.5 Å². The van der Waals surface area contributed by atoms with Crippen LogP contribution < -0.4 is 10.1 Å². The second kappa shape index (κ2) is 9.01. The number of nitrogens with zero attached hydrogens (tertiary/aromatic N) is 1. The molecule has 0 bridgehead atoms. The van der Waals surface area contributed by atoms with Crippen molar-refractivity contribution in [1.82, 2.24) is 9.62 Å². The van der Waals surface area contributed by atoms with Crippen LogP contribution in [0.3, 0.4) is 0 Å². The number of carboxylic acid groups (broad SMARTS) is 1. The molecule has 1 aliphatic rings. The van der Waals surface area contributed by atoms with Gasteiger partial charge in [0.25, 0.3) is 0 Å². The number of rotatable bonds is 5. The van der Waals surface area contributed by atoms with Gasteiger partial charge in [0.15, 0.2) is 0 Å². The van der Waals surface area contributed by atoms with Crippen LogP contribution in [-0.2, 0) is 16.4 Å². The van der Waals surface area contributed by atoms with Crippen LogP contribution in [0.15, 0.2) is 65.6 Å². The zero-order valence-corrected chi connectivity index (χ0v) is 19.0. The number of benzene rings is 3. The molecule has 33 heavy (non-hydrogen) atoms. The first-order chi connectivity index (χ1) is 15.7. The molecule has 2 N–H and O–H groups in total. The largest absolute Gasteiger partial charge is 0.465 e. The Labute approximate surface area is 195 Å². The first-order valence-corrected chi connectivity index (χ1v) is 11.8. The number of aryl methyl sites for hydroxylation is 1. The zero-order valence-electron chi connectivity index (χ0n) is 17.5. The van der Waals surface area contributed by atoms with Crippen molar-refractivity contribution in [2.24, 2.45) is 0 Å². The van der Waals surface area contributed by atoms with E-state index in [0.717, 1.165) is 9.87 Å². The lowest BCUT2D eigenvalue weighted by atomic mass is 9.93. The molecule has 1 atom stereocenters.